The van der Waals surface area contributed by atoms with Crippen LogP contribution in [0.4, 0.5) is 0 Å². The second kappa shape index (κ2) is 26.4. The summed E-state index contributed by atoms with van der Waals surface area (Å²) in [6.45, 7) is 4.60. The van der Waals surface area contributed by atoms with Crippen LogP contribution in [0, 0.1) is 0 Å². The molecule has 27 heavy (non-hydrogen) atoms. The molecule has 0 heterocycles. The van der Waals surface area contributed by atoms with Crippen LogP contribution in [-0.4, -0.2) is 11.5 Å². The molecule has 0 bridgehead atoms. The van der Waals surface area contributed by atoms with Crippen molar-refractivity contribution in [3.8, 4) is 0 Å². The second-order valence-corrected chi connectivity index (χ2v) is 9.91. The van der Waals surface area contributed by atoms with Gasteiger partial charge in [0.15, 0.2) is 0 Å². The Morgan fingerprint density at radius 2 is 0.519 bits per heavy atom. The van der Waals surface area contributed by atoms with E-state index >= 15 is 0 Å². The number of unbranched alkanes of at least 4 members (excludes halogenated alkanes) is 20. The average Bonchev–Trinajstić information content (AvgIpc) is 2.68. The van der Waals surface area contributed by atoms with E-state index in [0.29, 0.717) is 0 Å². The molecular formula is C26H54S. The summed E-state index contributed by atoms with van der Waals surface area (Å²) in [5, 5.41) is 0. The third-order valence-corrected chi connectivity index (χ3v) is 6.94. The molecule has 0 amide bonds. The highest BCUT2D eigenvalue weighted by atomic mass is 32.2. The van der Waals surface area contributed by atoms with Gasteiger partial charge in [0.1, 0.15) is 0 Å². The molecular weight excluding hydrogens is 344 g/mol. The van der Waals surface area contributed by atoms with Gasteiger partial charge in [-0.15, -0.1) is 0 Å². The topological polar surface area (TPSA) is 0 Å². The van der Waals surface area contributed by atoms with E-state index in [0.717, 1.165) is 0 Å². The van der Waals surface area contributed by atoms with Crippen molar-refractivity contribution in [2.24, 2.45) is 0 Å². The molecule has 0 aromatic carbocycles. The van der Waals surface area contributed by atoms with Crippen molar-refractivity contribution in [2.45, 2.75) is 155 Å². The van der Waals surface area contributed by atoms with Crippen LogP contribution in [0.5, 0.6) is 0 Å². The van der Waals surface area contributed by atoms with Gasteiger partial charge in [0.05, 0.1) is 0 Å². The van der Waals surface area contributed by atoms with E-state index in [1.165, 1.54) is 153 Å². The molecule has 0 aromatic heterocycles. The molecule has 0 N–H and O–H groups in total. The minimum absolute atomic E-state index is 1.37. The molecule has 0 radical (unpaired) electrons. The Labute approximate surface area is 178 Å². The lowest BCUT2D eigenvalue weighted by molar-refractivity contribution is 0.526. The quantitative estimate of drug-likeness (QED) is 0.146. The first-order chi connectivity index (χ1) is 13.4. The van der Waals surface area contributed by atoms with Gasteiger partial charge >= 0.3 is 0 Å². The Kier molecular flexibility index (Phi) is 26.7. The molecule has 0 nitrogen and oxygen atoms in total. The molecule has 0 atom stereocenters. The number of hydrogen-bond acceptors (Lipinski definition) is 1. The molecule has 0 aliphatic rings. The van der Waals surface area contributed by atoms with E-state index in [2.05, 4.69) is 25.6 Å². The summed E-state index contributed by atoms with van der Waals surface area (Å²) < 4.78 is 0. The van der Waals surface area contributed by atoms with Gasteiger partial charge in [-0.3, -0.25) is 0 Å². The highest BCUT2D eigenvalue weighted by Gasteiger charge is 1.95. The largest absolute Gasteiger partial charge is 0.162 e. The SMILES string of the molecule is CCCCCCCCCCCCCCCCCCCCSCCCCCC. The van der Waals surface area contributed by atoms with Gasteiger partial charge in [0.25, 0.3) is 0 Å². The van der Waals surface area contributed by atoms with Crippen molar-refractivity contribution in [3.63, 3.8) is 0 Å². The van der Waals surface area contributed by atoms with Gasteiger partial charge in [0, 0.05) is 0 Å². The summed E-state index contributed by atoms with van der Waals surface area (Å²) in [6, 6.07) is 0. The summed E-state index contributed by atoms with van der Waals surface area (Å²) >= 11 is 2.19. The Bertz CT molecular complexity index is 214. The zero-order chi connectivity index (χ0) is 19.7. The number of thioether (sulfide) groups is 1. The van der Waals surface area contributed by atoms with Crippen LogP contribution in [0.1, 0.15) is 155 Å². The Balaban J connectivity index is 2.95. The third-order valence-electron chi connectivity index (χ3n) is 5.78. The van der Waals surface area contributed by atoms with Crippen molar-refractivity contribution in [2.75, 3.05) is 11.5 Å². The van der Waals surface area contributed by atoms with Gasteiger partial charge in [-0.05, 0) is 24.3 Å². The Morgan fingerprint density at radius 1 is 0.296 bits per heavy atom. The predicted molar refractivity (Wildman–Crippen MR) is 130 cm³/mol. The molecule has 1 heteroatoms. The molecule has 0 aromatic rings. The van der Waals surface area contributed by atoms with E-state index in [1.807, 2.05) is 0 Å². The van der Waals surface area contributed by atoms with Crippen molar-refractivity contribution in [1.82, 2.24) is 0 Å². The van der Waals surface area contributed by atoms with Crippen LogP contribution in [-0.2, 0) is 0 Å². The van der Waals surface area contributed by atoms with E-state index in [1.54, 1.807) is 0 Å². The molecule has 0 saturated carbocycles. The fourth-order valence-electron chi connectivity index (χ4n) is 3.84. The number of rotatable bonds is 24. The second-order valence-electron chi connectivity index (χ2n) is 8.68. The zero-order valence-electron chi connectivity index (χ0n) is 19.4. The first kappa shape index (κ1) is 27.4. The first-order valence-electron chi connectivity index (χ1n) is 13.0. The average molecular weight is 399 g/mol. The van der Waals surface area contributed by atoms with E-state index in [4.69, 9.17) is 0 Å². The molecule has 0 spiro atoms. The minimum atomic E-state index is 1.37. The van der Waals surface area contributed by atoms with E-state index < -0.39 is 0 Å². The van der Waals surface area contributed by atoms with Crippen LogP contribution in [0.3, 0.4) is 0 Å². The fourth-order valence-corrected chi connectivity index (χ4v) is 4.86. The highest BCUT2D eigenvalue weighted by Crippen LogP contribution is 2.15. The summed E-state index contributed by atoms with van der Waals surface area (Å²) in [5.41, 5.74) is 0. The summed E-state index contributed by atoms with van der Waals surface area (Å²) in [4.78, 5) is 0. The van der Waals surface area contributed by atoms with Crippen molar-refractivity contribution >= 4 is 11.8 Å². The number of hydrogen-bond donors (Lipinski definition) is 0. The van der Waals surface area contributed by atoms with Crippen LogP contribution in [0.15, 0.2) is 0 Å². The monoisotopic (exact) mass is 398 g/mol. The minimum Gasteiger partial charge on any atom is -0.162 e. The highest BCUT2D eigenvalue weighted by molar-refractivity contribution is 7.99. The maximum absolute atomic E-state index is 2.30. The summed E-state index contributed by atoms with van der Waals surface area (Å²) in [5.74, 6) is 2.81. The normalized spacial score (nSPS) is 11.3. The van der Waals surface area contributed by atoms with Crippen molar-refractivity contribution in [1.29, 1.82) is 0 Å². The smallest absolute Gasteiger partial charge is 0.00675 e. The molecule has 164 valence electrons. The maximum Gasteiger partial charge on any atom is -0.00675 e. The van der Waals surface area contributed by atoms with Crippen molar-refractivity contribution in [3.05, 3.63) is 0 Å². The lowest BCUT2D eigenvalue weighted by Gasteiger charge is -2.04. The van der Waals surface area contributed by atoms with Gasteiger partial charge in [-0.25, -0.2) is 0 Å². The van der Waals surface area contributed by atoms with Gasteiger partial charge in [0.2, 0.25) is 0 Å². The van der Waals surface area contributed by atoms with Crippen LogP contribution >= 0.6 is 11.8 Å². The van der Waals surface area contributed by atoms with Crippen molar-refractivity contribution < 1.29 is 0 Å². The lowest BCUT2D eigenvalue weighted by Crippen LogP contribution is -1.86. The van der Waals surface area contributed by atoms with E-state index in [-0.39, 0.29) is 0 Å². The van der Waals surface area contributed by atoms with Crippen LogP contribution in [0.2, 0.25) is 0 Å². The zero-order valence-corrected chi connectivity index (χ0v) is 20.2. The standard InChI is InChI=1S/C26H54S/c1-3-5-7-9-10-11-12-13-14-15-16-17-18-19-20-21-22-24-26-27-25-23-8-6-4-2/h3-26H2,1-2H3. The van der Waals surface area contributed by atoms with Gasteiger partial charge in [-0.2, -0.15) is 11.8 Å². The summed E-state index contributed by atoms with van der Waals surface area (Å²) in [6.07, 6.45) is 32.2. The molecule has 0 rings (SSSR count). The Hall–Kier alpha value is 0.350. The summed E-state index contributed by atoms with van der Waals surface area (Å²) in [7, 11) is 0. The fraction of sp³-hybridized carbons (Fsp3) is 1.00. The third kappa shape index (κ3) is 26.4. The van der Waals surface area contributed by atoms with Gasteiger partial charge < -0.3 is 0 Å². The molecule has 0 unspecified atom stereocenters. The van der Waals surface area contributed by atoms with Crippen LogP contribution < -0.4 is 0 Å². The molecule has 0 saturated heterocycles. The van der Waals surface area contributed by atoms with E-state index in [9.17, 15) is 0 Å². The van der Waals surface area contributed by atoms with Crippen LogP contribution in [0.25, 0.3) is 0 Å². The Morgan fingerprint density at radius 3 is 0.815 bits per heavy atom. The lowest BCUT2D eigenvalue weighted by atomic mass is 10.0. The van der Waals surface area contributed by atoms with Gasteiger partial charge in [-0.1, -0.05) is 142 Å². The molecule has 0 fully saturated rings. The maximum atomic E-state index is 2.30. The first-order valence-corrected chi connectivity index (χ1v) is 14.1. The molecule has 0 aliphatic carbocycles. The predicted octanol–water partition coefficient (Wildman–Crippen LogP) is 10.3. The molecule has 0 aliphatic heterocycles.